The average molecular weight is 368 g/mol. The number of hydrogen-bond acceptors (Lipinski definition) is 0. The number of hydrogen-bond donors (Lipinski definition) is 0. The molecule has 0 radical (unpaired) electrons. The Balaban J connectivity index is -0.000000231. The summed E-state index contributed by atoms with van der Waals surface area (Å²) in [6.07, 6.45) is 4.10. The zero-order valence-electron chi connectivity index (χ0n) is 14.2. The third kappa shape index (κ3) is 18.5. The Hall–Kier alpha value is -1.44. The van der Waals surface area contributed by atoms with Crippen molar-refractivity contribution in [2.75, 3.05) is 0 Å². The summed E-state index contributed by atoms with van der Waals surface area (Å²) in [4.78, 5) is 0. The van der Waals surface area contributed by atoms with Gasteiger partial charge in [-0.2, -0.15) is 0 Å². The molecule has 0 spiro atoms. The van der Waals surface area contributed by atoms with E-state index < -0.39 is 8.07 Å². The van der Waals surface area contributed by atoms with Crippen LogP contribution in [-0.2, 0) is 31.0 Å². The van der Waals surface area contributed by atoms with Gasteiger partial charge in [0, 0.05) is 33.6 Å². The van der Waals surface area contributed by atoms with Crippen LogP contribution < -0.4 is 0 Å². The van der Waals surface area contributed by atoms with E-state index in [1.807, 2.05) is 6.08 Å². The molecule has 0 unspecified atom stereocenters. The van der Waals surface area contributed by atoms with Crippen molar-refractivity contribution >= 4 is 8.07 Å². The van der Waals surface area contributed by atoms with Crippen LogP contribution >= 0.6 is 0 Å². The van der Waals surface area contributed by atoms with Crippen molar-refractivity contribution in [3.05, 3.63) is 43.2 Å². The molecule has 0 aliphatic heterocycles. The van der Waals surface area contributed by atoms with Crippen molar-refractivity contribution in [3.8, 4) is 23.3 Å². The van der Waals surface area contributed by atoms with Crippen LogP contribution in [0, 0.1) is 48.7 Å². The van der Waals surface area contributed by atoms with Gasteiger partial charge in [-0.15, -0.1) is 5.54 Å². The molecular formula is C18H20FeO3Si. The molecule has 0 saturated carbocycles. The zero-order chi connectivity index (χ0) is 18.4. The molecule has 0 atom stereocenters. The molecule has 0 bridgehead atoms. The minimum Gasteiger partial charge on any atom is 0 e. The van der Waals surface area contributed by atoms with E-state index in [1.165, 1.54) is 0 Å². The Morgan fingerprint density at radius 2 is 1.17 bits per heavy atom. The first-order valence-electron chi connectivity index (χ1n) is 6.27. The van der Waals surface area contributed by atoms with Gasteiger partial charge in [-0.1, -0.05) is 37.4 Å². The van der Waals surface area contributed by atoms with E-state index >= 15 is 0 Å². The summed E-state index contributed by atoms with van der Waals surface area (Å²) in [5.74, 6) is 9.68. The Bertz CT molecular complexity index is 528. The molecular weight excluding hydrogens is 348 g/mol. The smallest absolute Gasteiger partial charge is 0 e. The van der Waals surface area contributed by atoms with Gasteiger partial charge in [0.1, 0.15) is 8.07 Å². The second-order valence-electron chi connectivity index (χ2n) is 6.16. The first-order chi connectivity index (χ1) is 10.2. The molecule has 1 aliphatic carbocycles. The molecule has 3 nitrogen and oxygen atoms in total. The van der Waals surface area contributed by atoms with Gasteiger partial charge in [0.15, 0.2) is 0 Å². The predicted octanol–water partition coefficient (Wildman–Crippen LogP) is 3.67. The van der Waals surface area contributed by atoms with Gasteiger partial charge >= 0.3 is 33.9 Å². The van der Waals surface area contributed by atoms with E-state index in [0.29, 0.717) is 0 Å². The predicted molar refractivity (Wildman–Crippen MR) is 86.3 cm³/mol. The van der Waals surface area contributed by atoms with Crippen LogP contribution in [0.4, 0.5) is 0 Å². The number of allylic oxidation sites excluding steroid dienone is 4. The summed E-state index contributed by atoms with van der Waals surface area (Å²) in [5.41, 5.74) is 5.63. The van der Waals surface area contributed by atoms with E-state index in [2.05, 4.69) is 89.7 Å². The van der Waals surface area contributed by atoms with E-state index in [4.69, 9.17) is 14.0 Å². The molecule has 23 heavy (non-hydrogen) atoms. The van der Waals surface area contributed by atoms with Crippen molar-refractivity contribution in [2.45, 2.75) is 40.4 Å². The summed E-state index contributed by atoms with van der Waals surface area (Å²) in [7, 11) is -1.27. The monoisotopic (exact) mass is 368 g/mol. The summed E-state index contributed by atoms with van der Waals surface area (Å²) in [5, 5.41) is 0. The van der Waals surface area contributed by atoms with Crippen LogP contribution in [-0.4, -0.2) is 8.07 Å². The second-order valence-corrected chi connectivity index (χ2v) is 10.9. The van der Waals surface area contributed by atoms with E-state index in [0.717, 1.165) is 11.1 Å². The molecule has 0 aromatic heterocycles. The first-order valence-corrected chi connectivity index (χ1v) is 9.77. The van der Waals surface area contributed by atoms with Crippen LogP contribution in [0.3, 0.4) is 0 Å². The molecule has 1 rings (SSSR count). The van der Waals surface area contributed by atoms with Crippen molar-refractivity contribution in [2.24, 2.45) is 5.41 Å². The van der Waals surface area contributed by atoms with E-state index in [1.54, 1.807) is 0 Å². The van der Waals surface area contributed by atoms with Crippen molar-refractivity contribution in [3.63, 3.8) is 0 Å². The van der Waals surface area contributed by atoms with E-state index in [-0.39, 0.29) is 22.5 Å². The third-order valence-electron chi connectivity index (χ3n) is 1.85. The Morgan fingerprint density at radius 1 is 0.826 bits per heavy atom. The summed E-state index contributed by atoms with van der Waals surface area (Å²) in [6, 6.07) is 0. The quantitative estimate of drug-likeness (QED) is 0.271. The Morgan fingerprint density at radius 3 is 1.43 bits per heavy atom. The maximum absolute atomic E-state index is 7.50. The largest absolute Gasteiger partial charge is 0 e. The molecule has 0 fully saturated rings. The molecule has 0 heterocycles. The third-order valence-corrected chi connectivity index (χ3v) is 2.73. The van der Waals surface area contributed by atoms with Gasteiger partial charge in [-0.05, 0) is 32.9 Å². The van der Waals surface area contributed by atoms with Gasteiger partial charge in [-0.25, -0.2) is 0 Å². The van der Waals surface area contributed by atoms with Gasteiger partial charge in [-0.3, -0.25) is 0 Å². The first kappa shape index (κ1) is 29.6. The molecule has 0 saturated heterocycles. The normalized spacial score (nSPS) is 10.4. The SMILES string of the molecule is CC(C)(C)C#CC1=C(C#C[Si](C)(C)C)C=C1.[C-]#[O+].[C-]#[O+].[C-]#[O+].[Fe]. The zero-order valence-corrected chi connectivity index (χ0v) is 16.3. The van der Waals surface area contributed by atoms with Crippen molar-refractivity contribution < 1.29 is 31.0 Å². The van der Waals surface area contributed by atoms with Gasteiger partial charge in [0.2, 0.25) is 0 Å². The maximum Gasteiger partial charge on any atom is 0 e. The molecule has 0 aromatic carbocycles. The summed E-state index contributed by atoms with van der Waals surface area (Å²) in [6.45, 7) is 26.6. The molecule has 0 aromatic rings. The fourth-order valence-corrected chi connectivity index (χ4v) is 1.49. The van der Waals surface area contributed by atoms with Gasteiger partial charge < -0.3 is 0 Å². The fourth-order valence-electron chi connectivity index (χ4n) is 0.978. The molecule has 5 heteroatoms. The van der Waals surface area contributed by atoms with Crippen LogP contribution in [0.1, 0.15) is 20.8 Å². The molecule has 1 aliphatic rings. The summed E-state index contributed by atoms with van der Waals surface area (Å²) >= 11 is 0. The Labute approximate surface area is 151 Å². The van der Waals surface area contributed by atoms with Gasteiger partial charge in [0.05, 0.1) is 0 Å². The Kier molecular flexibility index (Phi) is 19.9. The van der Waals surface area contributed by atoms with Crippen molar-refractivity contribution in [1.29, 1.82) is 0 Å². The minimum atomic E-state index is -1.27. The second kappa shape index (κ2) is 15.5. The van der Waals surface area contributed by atoms with Crippen LogP contribution in [0.2, 0.25) is 19.6 Å². The maximum atomic E-state index is 7.50. The molecule has 122 valence electrons. The fraction of sp³-hybridized carbons (Fsp3) is 0.389. The van der Waals surface area contributed by atoms with Gasteiger partial charge in [0.25, 0.3) is 0 Å². The number of rotatable bonds is 0. The van der Waals surface area contributed by atoms with Crippen LogP contribution in [0.5, 0.6) is 0 Å². The summed E-state index contributed by atoms with van der Waals surface area (Å²) < 4.78 is 22.5. The van der Waals surface area contributed by atoms with Crippen LogP contribution in [0.25, 0.3) is 0 Å². The molecule has 0 N–H and O–H groups in total. The average Bonchev–Trinajstić information content (AvgIpc) is 2.42. The van der Waals surface area contributed by atoms with E-state index in [9.17, 15) is 0 Å². The van der Waals surface area contributed by atoms with Crippen molar-refractivity contribution in [1.82, 2.24) is 0 Å². The standard InChI is InChI=1S/C15H20Si.3CO.Fe/c1-15(2,3)11-9-13-7-8-14(13)10-12-16(4,5)6;3*1-2;/h7-8H,1-6H3;;;;. The molecule has 0 amide bonds. The topological polar surface area (TPSA) is 59.7 Å². The minimum absolute atomic E-state index is 0. The van der Waals surface area contributed by atoms with Crippen LogP contribution in [0.15, 0.2) is 23.3 Å².